The van der Waals surface area contributed by atoms with Gasteiger partial charge in [0.25, 0.3) is 6.43 Å². The highest BCUT2D eigenvalue weighted by Gasteiger charge is 2.25. The predicted octanol–water partition coefficient (Wildman–Crippen LogP) is 2.09. The van der Waals surface area contributed by atoms with Crippen LogP contribution in [0, 0.1) is 5.92 Å². The third-order valence-corrected chi connectivity index (χ3v) is 3.21. The maximum Gasteiger partial charge on any atom is 0.251 e. The van der Waals surface area contributed by atoms with Gasteiger partial charge in [-0.1, -0.05) is 19.8 Å². The molecule has 0 aromatic rings. The molecule has 0 amide bonds. The highest BCUT2D eigenvalue weighted by atomic mass is 19.3. The van der Waals surface area contributed by atoms with Gasteiger partial charge in [0, 0.05) is 19.1 Å². The SMILES string of the molecule is CC1CCCC(N(CCN)CC(F)F)C1. The highest BCUT2D eigenvalue weighted by Crippen LogP contribution is 2.27. The fraction of sp³-hybridized carbons (Fsp3) is 1.00. The molecule has 15 heavy (non-hydrogen) atoms. The van der Waals surface area contributed by atoms with Gasteiger partial charge >= 0.3 is 0 Å². The van der Waals surface area contributed by atoms with Crippen LogP contribution in [-0.2, 0) is 0 Å². The van der Waals surface area contributed by atoms with E-state index in [2.05, 4.69) is 6.92 Å². The minimum Gasteiger partial charge on any atom is -0.329 e. The van der Waals surface area contributed by atoms with Crippen molar-refractivity contribution in [2.75, 3.05) is 19.6 Å². The van der Waals surface area contributed by atoms with Crippen LogP contribution in [0.4, 0.5) is 8.78 Å². The largest absolute Gasteiger partial charge is 0.329 e. The van der Waals surface area contributed by atoms with E-state index in [0.29, 0.717) is 25.0 Å². The van der Waals surface area contributed by atoms with Crippen molar-refractivity contribution in [3.05, 3.63) is 0 Å². The van der Waals surface area contributed by atoms with E-state index in [-0.39, 0.29) is 6.54 Å². The normalized spacial score (nSPS) is 27.6. The second kappa shape index (κ2) is 6.38. The molecule has 0 spiro atoms. The number of rotatable bonds is 5. The first-order valence-corrected chi connectivity index (χ1v) is 5.85. The summed E-state index contributed by atoms with van der Waals surface area (Å²) in [7, 11) is 0. The third-order valence-electron chi connectivity index (χ3n) is 3.21. The quantitative estimate of drug-likeness (QED) is 0.768. The smallest absolute Gasteiger partial charge is 0.251 e. The van der Waals surface area contributed by atoms with E-state index < -0.39 is 6.43 Å². The van der Waals surface area contributed by atoms with Crippen LogP contribution in [0.1, 0.15) is 32.6 Å². The molecule has 2 N–H and O–H groups in total. The Morgan fingerprint density at radius 3 is 2.67 bits per heavy atom. The summed E-state index contributed by atoms with van der Waals surface area (Å²) in [5.41, 5.74) is 5.46. The van der Waals surface area contributed by atoms with Crippen molar-refractivity contribution in [2.24, 2.45) is 11.7 Å². The summed E-state index contributed by atoms with van der Waals surface area (Å²) in [5.74, 6) is 0.668. The molecule has 0 aromatic carbocycles. The summed E-state index contributed by atoms with van der Waals surface area (Å²) in [6.45, 7) is 3.16. The zero-order chi connectivity index (χ0) is 11.3. The number of alkyl halides is 2. The summed E-state index contributed by atoms with van der Waals surface area (Å²) in [6, 6.07) is 0.325. The van der Waals surface area contributed by atoms with Crippen molar-refractivity contribution in [3.63, 3.8) is 0 Å². The molecule has 0 bridgehead atoms. The maximum atomic E-state index is 12.4. The number of hydrogen-bond acceptors (Lipinski definition) is 2. The van der Waals surface area contributed by atoms with Gasteiger partial charge in [-0.05, 0) is 18.8 Å². The Bertz CT molecular complexity index is 176. The Hall–Kier alpha value is -0.220. The first-order chi connectivity index (χ1) is 7.13. The van der Waals surface area contributed by atoms with Crippen molar-refractivity contribution in [1.29, 1.82) is 0 Å². The van der Waals surface area contributed by atoms with Crippen LogP contribution in [0.3, 0.4) is 0 Å². The molecule has 0 radical (unpaired) electrons. The van der Waals surface area contributed by atoms with E-state index >= 15 is 0 Å². The third kappa shape index (κ3) is 4.43. The van der Waals surface area contributed by atoms with Gasteiger partial charge in [-0.25, -0.2) is 8.78 Å². The first kappa shape index (κ1) is 12.8. The van der Waals surface area contributed by atoms with Crippen molar-refractivity contribution in [1.82, 2.24) is 4.90 Å². The molecule has 0 heterocycles. The van der Waals surface area contributed by atoms with Crippen LogP contribution in [0.25, 0.3) is 0 Å². The average molecular weight is 220 g/mol. The zero-order valence-corrected chi connectivity index (χ0v) is 9.46. The molecular formula is C11H22F2N2. The molecule has 2 atom stereocenters. The zero-order valence-electron chi connectivity index (χ0n) is 9.46. The Morgan fingerprint density at radius 2 is 2.13 bits per heavy atom. The van der Waals surface area contributed by atoms with E-state index in [9.17, 15) is 8.78 Å². The lowest BCUT2D eigenvalue weighted by molar-refractivity contribution is 0.0497. The molecule has 1 fully saturated rings. The minimum atomic E-state index is -2.24. The second-order valence-corrected chi connectivity index (χ2v) is 4.60. The van der Waals surface area contributed by atoms with Crippen molar-refractivity contribution >= 4 is 0 Å². The molecule has 0 aliphatic heterocycles. The van der Waals surface area contributed by atoms with Crippen LogP contribution in [0.2, 0.25) is 0 Å². The summed E-state index contributed by atoms with van der Waals surface area (Å²) in [4.78, 5) is 1.88. The van der Waals surface area contributed by atoms with E-state index in [1.807, 2.05) is 4.90 Å². The topological polar surface area (TPSA) is 29.3 Å². The van der Waals surface area contributed by atoms with Gasteiger partial charge in [-0.15, -0.1) is 0 Å². The summed E-state index contributed by atoms with van der Waals surface area (Å²) < 4.78 is 24.8. The van der Waals surface area contributed by atoms with Crippen molar-refractivity contribution < 1.29 is 8.78 Å². The maximum absolute atomic E-state index is 12.4. The van der Waals surface area contributed by atoms with Gasteiger partial charge in [0.1, 0.15) is 0 Å². The number of nitrogens with zero attached hydrogens (tertiary/aromatic N) is 1. The van der Waals surface area contributed by atoms with Gasteiger partial charge in [-0.2, -0.15) is 0 Å². The lowest BCUT2D eigenvalue weighted by Gasteiger charge is -2.36. The fourth-order valence-corrected chi connectivity index (χ4v) is 2.50. The van der Waals surface area contributed by atoms with Crippen molar-refractivity contribution in [3.8, 4) is 0 Å². The summed E-state index contributed by atoms with van der Waals surface area (Å²) in [5, 5.41) is 0. The van der Waals surface area contributed by atoms with Gasteiger partial charge < -0.3 is 5.73 Å². The predicted molar refractivity (Wildman–Crippen MR) is 58.1 cm³/mol. The average Bonchev–Trinajstić information content (AvgIpc) is 2.16. The monoisotopic (exact) mass is 220 g/mol. The Kier molecular flexibility index (Phi) is 5.47. The van der Waals surface area contributed by atoms with Crippen LogP contribution in [-0.4, -0.2) is 37.0 Å². The first-order valence-electron chi connectivity index (χ1n) is 5.85. The molecule has 1 aliphatic carbocycles. The van der Waals surface area contributed by atoms with Gasteiger partial charge in [0.15, 0.2) is 0 Å². The minimum absolute atomic E-state index is 0.116. The van der Waals surface area contributed by atoms with Gasteiger partial charge in [-0.3, -0.25) is 4.90 Å². The molecule has 2 unspecified atom stereocenters. The summed E-state index contributed by atoms with van der Waals surface area (Å²) in [6.07, 6.45) is 2.26. The van der Waals surface area contributed by atoms with Crippen molar-refractivity contribution in [2.45, 2.75) is 45.1 Å². The molecule has 0 saturated heterocycles. The fourth-order valence-electron chi connectivity index (χ4n) is 2.50. The van der Waals surface area contributed by atoms with E-state index in [0.717, 1.165) is 19.3 Å². The lowest BCUT2D eigenvalue weighted by Crippen LogP contribution is -2.43. The summed E-state index contributed by atoms with van der Waals surface area (Å²) >= 11 is 0. The van der Waals surface area contributed by atoms with Crippen LogP contribution in [0.15, 0.2) is 0 Å². The molecule has 1 saturated carbocycles. The molecule has 1 rings (SSSR count). The molecule has 0 aromatic heterocycles. The molecule has 2 nitrogen and oxygen atoms in total. The number of hydrogen-bond donors (Lipinski definition) is 1. The molecule has 90 valence electrons. The van der Waals surface area contributed by atoms with Gasteiger partial charge in [0.05, 0.1) is 6.54 Å². The van der Waals surface area contributed by atoms with E-state index in [1.54, 1.807) is 0 Å². The van der Waals surface area contributed by atoms with Crippen LogP contribution < -0.4 is 5.73 Å². The Balaban J connectivity index is 2.45. The Labute approximate surface area is 90.8 Å². The van der Waals surface area contributed by atoms with E-state index in [4.69, 9.17) is 5.73 Å². The lowest BCUT2D eigenvalue weighted by atomic mass is 9.86. The Morgan fingerprint density at radius 1 is 1.40 bits per heavy atom. The molecule has 4 heteroatoms. The van der Waals surface area contributed by atoms with Crippen LogP contribution in [0.5, 0.6) is 0 Å². The van der Waals surface area contributed by atoms with Crippen LogP contribution >= 0.6 is 0 Å². The molecule has 1 aliphatic rings. The number of halogens is 2. The van der Waals surface area contributed by atoms with E-state index in [1.165, 1.54) is 6.42 Å². The van der Waals surface area contributed by atoms with Gasteiger partial charge in [0.2, 0.25) is 0 Å². The standard InChI is InChI=1S/C11H22F2N2/c1-9-3-2-4-10(7-9)15(6-5-14)8-11(12)13/h9-11H,2-8,14H2,1H3. The second-order valence-electron chi connectivity index (χ2n) is 4.60. The number of nitrogens with two attached hydrogens (primary N) is 1. The highest BCUT2D eigenvalue weighted by molar-refractivity contribution is 4.79. The molecular weight excluding hydrogens is 198 g/mol.